The number of rotatable bonds is 9. The normalized spacial score (nSPS) is 9.79. The van der Waals surface area contributed by atoms with E-state index in [2.05, 4.69) is 12.0 Å². The Labute approximate surface area is 85.5 Å². The van der Waals surface area contributed by atoms with Gasteiger partial charge >= 0.3 is 0 Å². The molecule has 0 heterocycles. The first-order valence-corrected chi connectivity index (χ1v) is 4.99. The van der Waals surface area contributed by atoms with Crippen LogP contribution in [0.25, 0.3) is 0 Å². The van der Waals surface area contributed by atoms with Crippen molar-refractivity contribution in [1.29, 1.82) is 0 Å². The van der Waals surface area contributed by atoms with Gasteiger partial charge in [-0.2, -0.15) is 0 Å². The van der Waals surface area contributed by atoms with Gasteiger partial charge in [0.05, 0.1) is 0 Å². The number of hydrogen-bond donors (Lipinski definition) is 2. The second kappa shape index (κ2) is 10.2. The average molecular weight is 200 g/mol. The van der Waals surface area contributed by atoms with E-state index in [4.69, 9.17) is 10.6 Å². The summed E-state index contributed by atoms with van der Waals surface area (Å²) in [5.74, 6) is 4.81. The number of hydrogen-bond acceptors (Lipinski definition) is 3. The quantitative estimate of drug-likeness (QED) is 0.193. The molecular weight excluding hydrogens is 180 g/mol. The molecule has 0 aliphatic heterocycles. The van der Waals surface area contributed by atoms with Crippen LogP contribution in [-0.4, -0.2) is 19.1 Å². The zero-order valence-electron chi connectivity index (χ0n) is 8.63. The van der Waals surface area contributed by atoms with Crippen LogP contribution < -0.4 is 11.3 Å². The van der Waals surface area contributed by atoms with E-state index < -0.39 is 0 Å². The first-order chi connectivity index (χ1) is 6.81. The molecule has 0 radical (unpaired) electrons. The fourth-order valence-corrected chi connectivity index (χ4v) is 0.994. The summed E-state index contributed by atoms with van der Waals surface area (Å²) >= 11 is 0. The van der Waals surface area contributed by atoms with Crippen molar-refractivity contribution in [2.75, 3.05) is 13.2 Å². The number of ether oxygens (including phenoxy) is 1. The van der Waals surface area contributed by atoms with Crippen molar-refractivity contribution < 1.29 is 9.53 Å². The number of unbranched alkanes of at least 4 members (excludes halogenated alkanes) is 2. The molecule has 0 aliphatic carbocycles. The SMILES string of the molecule is C=CCCCOCCCCC(=O)NN. The Bertz CT molecular complexity index is 160. The summed E-state index contributed by atoms with van der Waals surface area (Å²) in [6.07, 6.45) is 6.11. The molecule has 0 unspecified atom stereocenters. The summed E-state index contributed by atoms with van der Waals surface area (Å²) in [5.41, 5.74) is 2.09. The highest BCUT2D eigenvalue weighted by molar-refractivity contribution is 5.74. The molecule has 0 saturated heterocycles. The van der Waals surface area contributed by atoms with E-state index in [1.807, 2.05) is 6.08 Å². The second-order valence-electron chi connectivity index (χ2n) is 3.07. The Morgan fingerprint density at radius 2 is 2.07 bits per heavy atom. The summed E-state index contributed by atoms with van der Waals surface area (Å²) in [6, 6.07) is 0. The van der Waals surface area contributed by atoms with Crippen LogP contribution in [0.4, 0.5) is 0 Å². The first kappa shape index (κ1) is 13.1. The van der Waals surface area contributed by atoms with E-state index in [1.54, 1.807) is 0 Å². The Morgan fingerprint density at radius 3 is 2.71 bits per heavy atom. The minimum absolute atomic E-state index is 0.114. The van der Waals surface area contributed by atoms with Gasteiger partial charge in [-0.25, -0.2) is 5.84 Å². The van der Waals surface area contributed by atoms with Crippen LogP contribution in [0.15, 0.2) is 12.7 Å². The first-order valence-electron chi connectivity index (χ1n) is 4.99. The molecule has 3 N–H and O–H groups in total. The molecule has 0 saturated carbocycles. The predicted octanol–water partition coefficient (Wildman–Crippen LogP) is 1.13. The van der Waals surface area contributed by atoms with Gasteiger partial charge in [0.15, 0.2) is 0 Å². The molecular formula is C10H20N2O2. The average Bonchev–Trinajstić information content (AvgIpc) is 2.21. The fraction of sp³-hybridized carbons (Fsp3) is 0.700. The lowest BCUT2D eigenvalue weighted by Crippen LogP contribution is -2.29. The maximum atomic E-state index is 10.7. The number of allylic oxidation sites excluding steroid dienone is 1. The molecule has 4 nitrogen and oxygen atoms in total. The Balaban J connectivity index is 2.98. The predicted molar refractivity (Wildman–Crippen MR) is 56.4 cm³/mol. The van der Waals surface area contributed by atoms with Gasteiger partial charge in [-0.3, -0.25) is 10.2 Å². The highest BCUT2D eigenvalue weighted by Crippen LogP contribution is 1.97. The van der Waals surface area contributed by atoms with Crippen LogP contribution in [-0.2, 0) is 9.53 Å². The van der Waals surface area contributed by atoms with Crippen LogP contribution in [0.5, 0.6) is 0 Å². The highest BCUT2D eigenvalue weighted by atomic mass is 16.5. The number of carbonyl (C=O) groups excluding carboxylic acids is 1. The molecule has 0 rings (SSSR count). The zero-order valence-corrected chi connectivity index (χ0v) is 8.63. The van der Waals surface area contributed by atoms with Crippen LogP contribution in [0, 0.1) is 0 Å². The lowest BCUT2D eigenvalue weighted by atomic mass is 10.2. The van der Waals surface area contributed by atoms with Crippen LogP contribution >= 0.6 is 0 Å². The summed E-state index contributed by atoms with van der Waals surface area (Å²) < 4.78 is 5.34. The number of hydrazine groups is 1. The van der Waals surface area contributed by atoms with E-state index in [1.165, 1.54) is 0 Å². The van der Waals surface area contributed by atoms with Gasteiger partial charge in [-0.15, -0.1) is 6.58 Å². The minimum Gasteiger partial charge on any atom is -0.381 e. The van der Waals surface area contributed by atoms with Gasteiger partial charge in [0.1, 0.15) is 0 Å². The van der Waals surface area contributed by atoms with E-state index in [0.717, 1.165) is 38.9 Å². The third-order valence-corrected chi connectivity index (χ3v) is 1.80. The van der Waals surface area contributed by atoms with Crippen molar-refractivity contribution >= 4 is 5.91 Å². The molecule has 1 amide bonds. The van der Waals surface area contributed by atoms with Crippen LogP contribution in [0.2, 0.25) is 0 Å². The van der Waals surface area contributed by atoms with Gasteiger partial charge in [0.25, 0.3) is 0 Å². The lowest BCUT2D eigenvalue weighted by Gasteiger charge is -2.02. The summed E-state index contributed by atoms with van der Waals surface area (Å²) in [5, 5.41) is 0. The van der Waals surface area contributed by atoms with Gasteiger partial charge in [-0.05, 0) is 25.7 Å². The molecule has 0 bridgehead atoms. The Morgan fingerprint density at radius 1 is 1.36 bits per heavy atom. The van der Waals surface area contributed by atoms with Crippen molar-refractivity contribution in [1.82, 2.24) is 5.43 Å². The third kappa shape index (κ3) is 9.22. The monoisotopic (exact) mass is 200 g/mol. The molecule has 0 aromatic rings. The summed E-state index contributed by atoms with van der Waals surface area (Å²) in [6.45, 7) is 5.12. The van der Waals surface area contributed by atoms with Crippen molar-refractivity contribution in [3.63, 3.8) is 0 Å². The van der Waals surface area contributed by atoms with Crippen molar-refractivity contribution in [2.45, 2.75) is 32.1 Å². The molecule has 0 aromatic heterocycles. The Hall–Kier alpha value is -0.870. The van der Waals surface area contributed by atoms with Gasteiger partial charge < -0.3 is 4.74 Å². The molecule has 0 spiro atoms. The van der Waals surface area contributed by atoms with Crippen molar-refractivity contribution in [3.8, 4) is 0 Å². The zero-order chi connectivity index (χ0) is 10.6. The van der Waals surface area contributed by atoms with E-state index >= 15 is 0 Å². The van der Waals surface area contributed by atoms with E-state index in [-0.39, 0.29) is 5.91 Å². The second-order valence-corrected chi connectivity index (χ2v) is 3.07. The summed E-state index contributed by atoms with van der Waals surface area (Å²) in [4.78, 5) is 10.7. The minimum atomic E-state index is -0.114. The largest absolute Gasteiger partial charge is 0.381 e. The molecule has 14 heavy (non-hydrogen) atoms. The Kier molecular flexibility index (Phi) is 9.58. The smallest absolute Gasteiger partial charge is 0.233 e. The number of amides is 1. The number of nitrogens with one attached hydrogen (secondary N) is 1. The van der Waals surface area contributed by atoms with Gasteiger partial charge in [-0.1, -0.05) is 6.08 Å². The highest BCUT2D eigenvalue weighted by Gasteiger charge is 1.97. The molecule has 4 heteroatoms. The standard InChI is InChI=1S/C10H20N2O2/c1-2-3-5-8-14-9-6-4-7-10(13)12-11/h2H,1,3-9,11H2,(H,12,13). The maximum absolute atomic E-state index is 10.7. The maximum Gasteiger partial charge on any atom is 0.233 e. The van der Waals surface area contributed by atoms with Crippen LogP contribution in [0.3, 0.4) is 0 Å². The van der Waals surface area contributed by atoms with E-state index in [9.17, 15) is 4.79 Å². The molecule has 0 atom stereocenters. The molecule has 0 aliphatic rings. The fourth-order valence-electron chi connectivity index (χ4n) is 0.994. The van der Waals surface area contributed by atoms with Crippen LogP contribution in [0.1, 0.15) is 32.1 Å². The summed E-state index contributed by atoms with van der Waals surface area (Å²) in [7, 11) is 0. The molecule has 82 valence electrons. The number of carbonyl (C=O) groups is 1. The van der Waals surface area contributed by atoms with Crippen molar-refractivity contribution in [3.05, 3.63) is 12.7 Å². The molecule has 0 aromatic carbocycles. The van der Waals surface area contributed by atoms with Crippen molar-refractivity contribution in [2.24, 2.45) is 5.84 Å². The van der Waals surface area contributed by atoms with Gasteiger partial charge in [0, 0.05) is 19.6 Å². The van der Waals surface area contributed by atoms with Gasteiger partial charge in [0.2, 0.25) is 5.91 Å². The van der Waals surface area contributed by atoms with E-state index in [0.29, 0.717) is 6.42 Å². The molecule has 0 fully saturated rings. The topological polar surface area (TPSA) is 64.3 Å². The third-order valence-electron chi connectivity index (χ3n) is 1.80. The number of nitrogens with two attached hydrogens (primary N) is 1. The lowest BCUT2D eigenvalue weighted by molar-refractivity contribution is -0.121.